The highest BCUT2D eigenvalue weighted by atomic mass is 32.2. The lowest BCUT2D eigenvalue weighted by molar-refractivity contribution is 0.347. The third-order valence-electron chi connectivity index (χ3n) is 2.65. The lowest BCUT2D eigenvalue weighted by Gasteiger charge is -2.30. The van der Waals surface area contributed by atoms with Gasteiger partial charge in [0.25, 0.3) is 0 Å². The molecular formula is C8H17NO2S. The minimum absolute atomic E-state index is 0.142. The molecule has 0 spiro atoms. The fourth-order valence-corrected chi connectivity index (χ4v) is 3.29. The average Bonchev–Trinajstić information content (AvgIpc) is 1.92. The fourth-order valence-electron chi connectivity index (χ4n) is 1.84. The van der Waals surface area contributed by atoms with Crippen molar-refractivity contribution in [3.8, 4) is 0 Å². The Morgan fingerprint density at radius 2 is 1.92 bits per heavy atom. The maximum Gasteiger partial charge on any atom is 0.151 e. The van der Waals surface area contributed by atoms with Gasteiger partial charge in [-0.2, -0.15) is 0 Å². The molecule has 0 bridgehead atoms. The molecule has 0 saturated heterocycles. The number of rotatable bonds is 1. The van der Waals surface area contributed by atoms with Crippen LogP contribution in [-0.4, -0.2) is 26.0 Å². The molecule has 0 aromatic rings. The predicted molar refractivity (Wildman–Crippen MR) is 49.6 cm³/mol. The number of sulfone groups is 1. The molecule has 0 radical (unpaired) electrons. The van der Waals surface area contributed by atoms with Gasteiger partial charge in [0.05, 0.1) is 5.25 Å². The normalized spacial score (nSPS) is 38.1. The van der Waals surface area contributed by atoms with Gasteiger partial charge in [-0.05, 0) is 25.2 Å². The molecule has 0 aromatic heterocycles. The van der Waals surface area contributed by atoms with Crippen LogP contribution in [0.15, 0.2) is 0 Å². The summed E-state index contributed by atoms with van der Waals surface area (Å²) in [6, 6.07) is -0.142. The van der Waals surface area contributed by atoms with Crippen molar-refractivity contribution in [3.63, 3.8) is 0 Å². The first kappa shape index (κ1) is 9.99. The molecule has 3 nitrogen and oxygen atoms in total. The molecule has 72 valence electrons. The molecule has 1 saturated carbocycles. The molecular weight excluding hydrogens is 174 g/mol. The summed E-state index contributed by atoms with van der Waals surface area (Å²) in [6.07, 6.45) is 3.93. The van der Waals surface area contributed by atoms with E-state index in [0.29, 0.717) is 5.92 Å². The van der Waals surface area contributed by atoms with Crippen molar-refractivity contribution < 1.29 is 8.42 Å². The Kier molecular flexibility index (Phi) is 2.78. The maximum absolute atomic E-state index is 11.3. The zero-order valence-corrected chi connectivity index (χ0v) is 8.47. The predicted octanol–water partition coefficient (Wildman–Crippen LogP) is 0.547. The molecule has 4 heteroatoms. The minimum atomic E-state index is -2.93. The summed E-state index contributed by atoms with van der Waals surface area (Å²) in [5.41, 5.74) is 5.75. The molecule has 0 aliphatic heterocycles. The molecule has 1 aliphatic rings. The largest absolute Gasteiger partial charge is 0.327 e. The minimum Gasteiger partial charge on any atom is -0.327 e. The van der Waals surface area contributed by atoms with E-state index in [1.807, 2.05) is 0 Å². The monoisotopic (exact) mass is 191 g/mol. The van der Waals surface area contributed by atoms with Crippen molar-refractivity contribution in [1.29, 1.82) is 0 Å². The van der Waals surface area contributed by atoms with Crippen molar-refractivity contribution in [3.05, 3.63) is 0 Å². The Morgan fingerprint density at radius 1 is 1.33 bits per heavy atom. The first-order chi connectivity index (χ1) is 5.41. The molecule has 2 N–H and O–H groups in total. The van der Waals surface area contributed by atoms with Crippen LogP contribution in [0.25, 0.3) is 0 Å². The Labute approximate surface area is 74.3 Å². The van der Waals surface area contributed by atoms with Gasteiger partial charge in [0.1, 0.15) is 0 Å². The van der Waals surface area contributed by atoms with E-state index < -0.39 is 9.84 Å². The van der Waals surface area contributed by atoms with Gasteiger partial charge in [0, 0.05) is 12.3 Å². The van der Waals surface area contributed by atoms with Crippen LogP contribution in [-0.2, 0) is 9.84 Å². The fraction of sp³-hybridized carbons (Fsp3) is 1.00. The van der Waals surface area contributed by atoms with E-state index >= 15 is 0 Å². The third kappa shape index (κ3) is 2.20. The van der Waals surface area contributed by atoms with E-state index in [2.05, 4.69) is 6.92 Å². The van der Waals surface area contributed by atoms with Crippen LogP contribution in [0.2, 0.25) is 0 Å². The molecule has 1 aliphatic carbocycles. The van der Waals surface area contributed by atoms with Gasteiger partial charge in [-0.25, -0.2) is 8.42 Å². The van der Waals surface area contributed by atoms with Crippen molar-refractivity contribution in [2.75, 3.05) is 6.26 Å². The van der Waals surface area contributed by atoms with Crippen molar-refractivity contribution >= 4 is 9.84 Å². The molecule has 1 fully saturated rings. The number of hydrogen-bond donors (Lipinski definition) is 1. The summed E-state index contributed by atoms with van der Waals surface area (Å²) in [6.45, 7) is 2.09. The molecule has 3 unspecified atom stereocenters. The second-order valence-corrected chi connectivity index (χ2v) is 6.21. The van der Waals surface area contributed by atoms with E-state index in [9.17, 15) is 8.42 Å². The number of nitrogens with two attached hydrogens (primary N) is 1. The zero-order valence-electron chi connectivity index (χ0n) is 7.66. The second kappa shape index (κ2) is 3.34. The first-order valence-electron chi connectivity index (χ1n) is 4.35. The Morgan fingerprint density at radius 3 is 2.33 bits per heavy atom. The van der Waals surface area contributed by atoms with Crippen molar-refractivity contribution in [2.24, 2.45) is 11.7 Å². The lowest BCUT2D eigenvalue weighted by Crippen LogP contribution is -2.44. The Bertz CT molecular complexity index is 248. The van der Waals surface area contributed by atoms with Gasteiger partial charge in [0.15, 0.2) is 9.84 Å². The summed E-state index contributed by atoms with van der Waals surface area (Å²) in [5.74, 6) is 0.504. The van der Waals surface area contributed by atoms with Gasteiger partial charge in [-0.1, -0.05) is 6.92 Å². The second-order valence-electron chi connectivity index (χ2n) is 3.95. The van der Waals surface area contributed by atoms with E-state index in [0.717, 1.165) is 19.3 Å². The lowest BCUT2D eigenvalue weighted by atomic mass is 9.87. The SMILES string of the molecule is CC1CCC(N)C(S(C)(=O)=O)C1. The third-order valence-corrected chi connectivity index (χ3v) is 4.30. The zero-order chi connectivity index (χ0) is 9.35. The van der Waals surface area contributed by atoms with Crippen LogP contribution < -0.4 is 5.73 Å². The molecule has 1 rings (SSSR count). The summed E-state index contributed by atoms with van der Waals surface area (Å²) < 4.78 is 22.5. The van der Waals surface area contributed by atoms with Gasteiger partial charge in [-0.15, -0.1) is 0 Å². The average molecular weight is 191 g/mol. The van der Waals surface area contributed by atoms with Gasteiger partial charge < -0.3 is 5.73 Å². The molecule has 0 amide bonds. The molecule has 0 heterocycles. The summed E-state index contributed by atoms with van der Waals surface area (Å²) >= 11 is 0. The Hall–Kier alpha value is -0.0900. The van der Waals surface area contributed by atoms with Crippen molar-refractivity contribution in [1.82, 2.24) is 0 Å². The summed E-state index contributed by atoms with van der Waals surface area (Å²) in [4.78, 5) is 0. The summed E-state index contributed by atoms with van der Waals surface area (Å²) in [7, 11) is -2.93. The highest BCUT2D eigenvalue weighted by Crippen LogP contribution is 2.27. The smallest absolute Gasteiger partial charge is 0.151 e. The van der Waals surface area contributed by atoms with E-state index in [1.54, 1.807) is 0 Å². The standard InChI is InChI=1S/C8H17NO2S/c1-6-3-4-7(9)8(5-6)12(2,10)11/h6-8H,3-5,9H2,1-2H3. The topological polar surface area (TPSA) is 60.2 Å². The van der Waals surface area contributed by atoms with E-state index in [-0.39, 0.29) is 11.3 Å². The van der Waals surface area contributed by atoms with Crippen LogP contribution in [0.5, 0.6) is 0 Å². The Balaban J connectivity index is 2.74. The van der Waals surface area contributed by atoms with Crippen LogP contribution in [0.4, 0.5) is 0 Å². The molecule has 12 heavy (non-hydrogen) atoms. The van der Waals surface area contributed by atoms with E-state index in [4.69, 9.17) is 5.73 Å². The maximum atomic E-state index is 11.3. The van der Waals surface area contributed by atoms with Gasteiger partial charge in [-0.3, -0.25) is 0 Å². The molecule has 3 atom stereocenters. The van der Waals surface area contributed by atoms with Crippen LogP contribution in [0.3, 0.4) is 0 Å². The van der Waals surface area contributed by atoms with Crippen LogP contribution in [0.1, 0.15) is 26.2 Å². The van der Waals surface area contributed by atoms with Gasteiger partial charge >= 0.3 is 0 Å². The van der Waals surface area contributed by atoms with Crippen LogP contribution in [0, 0.1) is 5.92 Å². The van der Waals surface area contributed by atoms with Gasteiger partial charge in [0.2, 0.25) is 0 Å². The number of hydrogen-bond acceptors (Lipinski definition) is 3. The highest BCUT2D eigenvalue weighted by molar-refractivity contribution is 7.91. The first-order valence-corrected chi connectivity index (χ1v) is 6.31. The molecule has 0 aromatic carbocycles. The van der Waals surface area contributed by atoms with Crippen LogP contribution >= 0.6 is 0 Å². The van der Waals surface area contributed by atoms with E-state index in [1.165, 1.54) is 6.26 Å². The summed E-state index contributed by atoms with van der Waals surface area (Å²) in [5, 5.41) is -0.304. The highest BCUT2D eigenvalue weighted by Gasteiger charge is 2.32. The quantitative estimate of drug-likeness (QED) is 0.658. The van der Waals surface area contributed by atoms with Crippen molar-refractivity contribution in [2.45, 2.75) is 37.5 Å².